The number of halogens is 2. The quantitative estimate of drug-likeness (QED) is 0.561. The molecule has 140 valence electrons. The van der Waals surface area contributed by atoms with Crippen molar-refractivity contribution in [1.82, 2.24) is 9.55 Å². The number of aromatic nitrogens is 2. The average Bonchev–Trinajstić information content (AvgIpc) is 2.82. The van der Waals surface area contributed by atoms with Gasteiger partial charge in [0.05, 0.1) is 5.52 Å². The number of rotatable bonds is 5. The summed E-state index contributed by atoms with van der Waals surface area (Å²) in [4.78, 5) is 4.82. The molecule has 0 spiro atoms. The summed E-state index contributed by atoms with van der Waals surface area (Å²) < 4.78 is 21.6. The van der Waals surface area contributed by atoms with Gasteiger partial charge in [0.2, 0.25) is 0 Å². The van der Waals surface area contributed by atoms with Crippen LogP contribution in [0.25, 0.3) is 11.0 Å². The fourth-order valence-electron chi connectivity index (χ4n) is 3.22. The van der Waals surface area contributed by atoms with E-state index in [4.69, 9.17) is 9.72 Å². The second kappa shape index (κ2) is 8.09. The summed E-state index contributed by atoms with van der Waals surface area (Å²) in [7, 11) is 0. The van der Waals surface area contributed by atoms with E-state index in [1.54, 1.807) is 12.1 Å². The van der Waals surface area contributed by atoms with E-state index in [1.807, 2.05) is 6.92 Å². The minimum absolute atomic E-state index is 0. The first-order valence-corrected chi connectivity index (χ1v) is 8.77. The first kappa shape index (κ1) is 20.2. The third-order valence-electron chi connectivity index (χ3n) is 4.92. The van der Waals surface area contributed by atoms with Gasteiger partial charge >= 0.3 is 0 Å². The molecule has 0 fully saturated rings. The number of aryl methyl sites for hydroxylation is 3. The van der Waals surface area contributed by atoms with Crippen LogP contribution in [0.15, 0.2) is 24.3 Å². The number of benzene rings is 1. The number of hydrogen-bond acceptors (Lipinski definition) is 2. The van der Waals surface area contributed by atoms with Crippen LogP contribution in [-0.4, -0.2) is 9.55 Å². The first-order valence-electron chi connectivity index (χ1n) is 8.77. The van der Waals surface area contributed by atoms with Gasteiger partial charge in [-0.15, -0.1) is 12.4 Å². The Hall–Kier alpha value is -2.07. The highest BCUT2D eigenvalue weighted by atomic mass is 35.5. The third-order valence-corrected chi connectivity index (χ3v) is 4.92. The summed E-state index contributed by atoms with van der Waals surface area (Å²) in [5.74, 6) is 0.654. The van der Waals surface area contributed by atoms with E-state index in [0.29, 0.717) is 6.61 Å². The molecule has 0 aliphatic rings. The molecule has 5 heteroatoms. The molecule has 1 aromatic carbocycles. The minimum atomic E-state index is -0.231. The van der Waals surface area contributed by atoms with Crippen molar-refractivity contribution in [3.63, 3.8) is 0 Å². The number of nitrogens with zero attached hydrogens (tertiary/aromatic N) is 2. The van der Waals surface area contributed by atoms with Gasteiger partial charge in [0.15, 0.2) is 0 Å². The SMILES string of the molecule is CCCn1c(C)c(C)c2nc(C)c(C)c(OCc3ccc(F)cc3)c21.Cl. The van der Waals surface area contributed by atoms with Crippen molar-refractivity contribution in [2.75, 3.05) is 0 Å². The standard InChI is InChI=1S/C21H25FN2O.ClH/c1-6-11-24-16(5)14(3)19-20(24)21(13(2)15(4)23-19)25-12-17-7-9-18(22)10-8-17;/h7-10H,6,11-12H2,1-5H3;1H. The lowest BCUT2D eigenvalue weighted by molar-refractivity contribution is 0.305. The zero-order valence-corrected chi connectivity index (χ0v) is 16.8. The maximum atomic E-state index is 13.1. The highest BCUT2D eigenvalue weighted by Gasteiger charge is 2.20. The topological polar surface area (TPSA) is 27.1 Å². The fraction of sp³-hybridized carbons (Fsp3) is 0.381. The Morgan fingerprint density at radius 1 is 1.04 bits per heavy atom. The molecule has 0 N–H and O–H groups in total. The molecule has 2 heterocycles. The Kier molecular flexibility index (Phi) is 6.30. The highest BCUT2D eigenvalue weighted by Crippen LogP contribution is 2.35. The molecule has 3 nitrogen and oxygen atoms in total. The highest BCUT2D eigenvalue weighted by molar-refractivity contribution is 5.88. The number of fused-ring (bicyclic) bond motifs is 1. The van der Waals surface area contributed by atoms with Crippen LogP contribution in [-0.2, 0) is 13.2 Å². The van der Waals surface area contributed by atoms with Crippen LogP contribution in [0.5, 0.6) is 5.75 Å². The van der Waals surface area contributed by atoms with Crippen LogP contribution in [0.1, 0.15) is 41.4 Å². The molecule has 0 atom stereocenters. The molecule has 2 aromatic heterocycles. The second-order valence-electron chi connectivity index (χ2n) is 6.63. The summed E-state index contributed by atoms with van der Waals surface area (Å²) in [6, 6.07) is 6.45. The minimum Gasteiger partial charge on any atom is -0.486 e. The van der Waals surface area contributed by atoms with Gasteiger partial charge in [-0.05, 0) is 57.4 Å². The van der Waals surface area contributed by atoms with Crippen molar-refractivity contribution in [3.05, 3.63) is 58.2 Å². The van der Waals surface area contributed by atoms with E-state index in [-0.39, 0.29) is 18.2 Å². The summed E-state index contributed by atoms with van der Waals surface area (Å²) in [6.07, 6.45) is 1.05. The molecule has 0 radical (unpaired) electrons. The van der Waals surface area contributed by atoms with E-state index in [9.17, 15) is 4.39 Å². The van der Waals surface area contributed by atoms with Crippen LogP contribution in [0.2, 0.25) is 0 Å². The molecule has 0 aliphatic carbocycles. The van der Waals surface area contributed by atoms with Crippen molar-refractivity contribution in [1.29, 1.82) is 0 Å². The van der Waals surface area contributed by atoms with Crippen LogP contribution in [0.4, 0.5) is 4.39 Å². The molecule has 3 rings (SSSR count). The maximum Gasteiger partial charge on any atom is 0.150 e. The monoisotopic (exact) mass is 376 g/mol. The van der Waals surface area contributed by atoms with Gasteiger partial charge in [0, 0.05) is 23.5 Å². The molecular weight excluding hydrogens is 351 g/mol. The zero-order chi connectivity index (χ0) is 18.1. The van der Waals surface area contributed by atoms with Crippen molar-refractivity contribution in [3.8, 4) is 5.75 Å². The van der Waals surface area contributed by atoms with Crippen molar-refractivity contribution >= 4 is 23.4 Å². The first-order chi connectivity index (χ1) is 11.9. The fourth-order valence-corrected chi connectivity index (χ4v) is 3.22. The van der Waals surface area contributed by atoms with E-state index in [1.165, 1.54) is 23.4 Å². The zero-order valence-electron chi connectivity index (χ0n) is 16.0. The number of ether oxygens (including phenoxy) is 1. The Morgan fingerprint density at radius 2 is 1.69 bits per heavy atom. The lowest BCUT2D eigenvalue weighted by Gasteiger charge is -2.15. The van der Waals surface area contributed by atoms with Crippen molar-refractivity contribution < 1.29 is 9.13 Å². The molecule has 3 aromatic rings. The van der Waals surface area contributed by atoms with Gasteiger partial charge in [-0.3, -0.25) is 4.98 Å². The predicted molar refractivity (Wildman–Crippen MR) is 107 cm³/mol. The van der Waals surface area contributed by atoms with E-state index in [0.717, 1.165) is 46.6 Å². The normalized spacial score (nSPS) is 10.8. The Bertz CT molecular complexity index is 916. The van der Waals surface area contributed by atoms with E-state index in [2.05, 4.69) is 32.3 Å². The number of pyridine rings is 1. The van der Waals surface area contributed by atoms with Gasteiger partial charge in [0.25, 0.3) is 0 Å². The molecule has 0 unspecified atom stereocenters. The molecule has 0 saturated carbocycles. The number of hydrogen-bond donors (Lipinski definition) is 0. The predicted octanol–water partition coefficient (Wildman–Crippen LogP) is 5.82. The van der Waals surface area contributed by atoms with Gasteiger partial charge in [-0.2, -0.15) is 0 Å². The molecular formula is C21H26ClFN2O. The summed E-state index contributed by atoms with van der Waals surface area (Å²) >= 11 is 0. The van der Waals surface area contributed by atoms with Crippen LogP contribution in [0, 0.1) is 33.5 Å². The van der Waals surface area contributed by atoms with Crippen LogP contribution < -0.4 is 4.74 Å². The van der Waals surface area contributed by atoms with Crippen LogP contribution in [0.3, 0.4) is 0 Å². The molecule has 0 bridgehead atoms. The summed E-state index contributed by atoms with van der Waals surface area (Å²) in [5, 5.41) is 0. The van der Waals surface area contributed by atoms with Crippen molar-refractivity contribution in [2.24, 2.45) is 0 Å². The largest absolute Gasteiger partial charge is 0.486 e. The van der Waals surface area contributed by atoms with Crippen molar-refractivity contribution in [2.45, 2.75) is 54.2 Å². The second-order valence-corrected chi connectivity index (χ2v) is 6.63. The summed E-state index contributed by atoms with van der Waals surface area (Å²) in [5.41, 5.74) is 7.53. The van der Waals surface area contributed by atoms with E-state index >= 15 is 0 Å². The molecule has 0 saturated heterocycles. The summed E-state index contributed by atoms with van der Waals surface area (Å²) in [6.45, 7) is 11.9. The molecule has 0 amide bonds. The Balaban J connectivity index is 0.00000243. The van der Waals surface area contributed by atoms with Gasteiger partial charge in [-0.25, -0.2) is 4.39 Å². The smallest absolute Gasteiger partial charge is 0.150 e. The average molecular weight is 377 g/mol. The molecule has 26 heavy (non-hydrogen) atoms. The lowest BCUT2D eigenvalue weighted by atomic mass is 10.1. The Morgan fingerprint density at radius 3 is 2.31 bits per heavy atom. The maximum absolute atomic E-state index is 13.1. The van der Waals surface area contributed by atoms with Gasteiger partial charge in [0.1, 0.15) is 23.7 Å². The Labute approximate surface area is 160 Å². The molecule has 0 aliphatic heterocycles. The van der Waals surface area contributed by atoms with Gasteiger partial charge < -0.3 is 9.30 Å². The van der Waals surface area contributed by atoms with E-state index < -0.39 is 0 Å². The lowest BCUT2D eigenvalue weighted by Crippen LogP contribution is -2.05. The third kappa shape index (κ3) is 3.56. The van der Waals surface area contributed by atoms with Crippen LogP contribution >= 0.6 is 12.4 Å². The van der Waals surface area contributed by atoms with Gasteiger partial charge in [-0.1, -0.05) is 19.1 Å².